The minimum Gasteiger partial charge on any atom is -0.398 e. The molecule has 0 bridgehead atoms. The Bertz CT molecular complexity index is 1320. The van der Waals surface area contributed by atoms with Crippen LogP contribution in [0, 0.1) is 13.8 Å². The fourth-order valence-corrected chi connectivity index (χ4v) is 2.49. The number of hydrogen-bond acceptors (Lipinski definition) is 8. The first-order chi connectivity index (χ1) is 14.6. The molecule has 0 aliphatic rings. The number of aromatic nitrogens is 2. The number of rotatable bonds is 2. The number of hydrogen-bond donors (Lipinski definition) is 4. The van der Waals surface area contributed by atoms with Crippen molar-refractivity contribution in [2.24, 2.45) is 0 Å². The molecule has 0 aliphatic carbocycles. The van der Waals surface area contributed by atoms with E-state index in [1.54, 1.807) is 19.9 Å². The maximum Gasteiger partial charge on any atom is 0.169 e. The Morgan fingerprint density at radius 2 is 1.78 bits per heavy atom. The fraction of sp³-hybridized carbons (Fsp3) is 0.263. The lowest BCUT2D eigenvalue weighted by molar-refractivity contribution is 0.200. The van der Waals surface area contributed by atoms with Gasteiger partial charge in [-0.15, -0.1) is 0 Å². The maximum absolute atomic E-state index is 9.62. The monoisotopic (exact) mass is 377 g/mol. The lowest BCUT2D eigenvalue weighted by Crippen LogP contribution is -1.97. The highest BCUT2D eigenvalue weighted by Crippen LogP contribution is 2.28. The highest BCUT2D eigenvalue weighted by molar-refractivity contribution is 5.84. The number of nitrogens with zero attached hydrogens (tertiary/aromatic N) is 2. The van der Waals surface area contributed by atoms with Crippen molar-refractivity contribution in [1.82, 2.24) is 10.3 Å². The summed E-state index contributed by atoms with van der Waals surface area (Å²) in [7, 11) is 0. The molecule has 8 heteroatoms. The van der Waals surface area contributed by atoms with Gasteiger partial charge >= 0.3 is 0 Å². The molecule has 2 heterocycles. The molecule has 2 aromatic heterocycles. The van der Waals surface area contributed by atoms with Gasteiger partial charge in [-0.1, -0.05) is 10.3 Å². The molecule has 0 saturated heterocycles. The maximum atomic E-state index is 9.62. The molecule has 4 rings (SSSR count). The van der Waals surface area contributed by atoms with Gasteiger partial charge in [0.15, 0.2) is 11.2 Å². The summed E-state index contributed by atoms with van der Waals surface area (Å²) in [5.41, 5.74) is 12.9. The van der Waals surface area contributed by atoms with Crippen LogP contribution >= 0.6 is 0 Å². The molecule has 0 radical (unpaired) electrons. The van der Waals surface area contributed by atoms with E-state index in [0.29, 0.717) is 27.7 Å². The van der Waals surface area contributed by atoms with Gasteiger partial charge < -0.3 is 30.7 Å². The van der Waals surface area contributed by atoms with Gasteiger partial charge in [0, 0.05) is 39.3 Å². The number of anilines is 2. The van der Waals surface area contributed by atoms with Gasteiger partial charge in [-0.05, 0) is 38.9 Å². The molecule has 0 aliphatic heterocycles. The molecular weight excluding hydrogens is 348 g/mol. The van der Waals surface area contributed by atoms with Gasteiger partial charge in [0.2, 0.25) is 0 Å². The van der Waals surface area contributed by atoms with Crippen LogP contribution in [0.5, 0.6) is 0 Å². The summed E-state index contributed by atoms with van der Waals surface area (Å²) in [5.74, 6) is 0. The Morgan fingerprint density at radius 3 is 2.41 bits per heavy atom. The topological polar surface area (TPSA) is 145 Å². The second-order valence-corrected chi connectivity index (χ2v) is 5.91. The van der Waals surface area contributed by atoms with Gasteiger partial charge in [0.1, 0.15) is 0 Å². The average molecular weight is 377 g/mol. The van der Waals surface area contributed by atoms with Crippen molar-refractivity contribution in [3.8, 4) is 0 Å². The molecule has 2 aromatic carbocycles. The first-order valence-electron chi connectivity index (χ1n) is 10.4. The molecule has 27 heavy (non-hydrogen) atoms. The first-order valence-corrected chi connectivity index (χ1v) is 7.90. The number of aliphatic hydroxyl groups is 2. The van der Waals surface area contributed by atoms with E-state index in [0.717, 1.165) is 0 Å². The van der Waals surface area contributed by atoms with E-state index >= 15 is 0 Å². The quantitative estimate of drug-likeness (QED) is 0.390. The Kier molecular flexibility index (Phi) is 3.53. The van der Waals surface area contributed by atoms with Crippen molar-refractivity contribution < 1.29 is 26.1 Å². The Labute approximate surface area is 162 Å². The molecule has 1 unspecified atom stereocenters. The van der Waals surface area contributed by atoms with Crippen LogP contribution in [0.25, 0.3) is 21.9 Å². The van der Waals surface area contributed by atoms with E-state index < -0.39 is 12.6 Å². The van der Waals surface area contributed by atoms with Crippen LogP contribution < -0.4 is 11.5 Å². The SMILES string of the molecule is [2H]C(C)(O)c1c(N)cc2c(C)noc2c1[3H].[2H]C([2H])(O)c1c(N)cc2onc(C)c2c1[3H]. The third-order valence-electron chi connectivity index (χ3n) is 3.92. The summed E-state index contributed by atoms with van der Waals surface area (Å²) in [4.78, 5) is 0. The minimum atomic E-state index is -2.65. The van der Waals surface area contributed by atoms with Crippen LogP contribution in [0.3, 0.4) is 0 Å². The number of fused-ring (bicyclic) bond motifs is 2. The van der Waals surface area contributed by atoms with Gasteiger partial charge in [0.05, 0.1) is 30.9 Å². The minimum absolute atomic E-state index is 0.0267. The van der Waals surface area contributed by atoms with E-state index in [1.165, 1.54) is 13.0 Å². The average Bonchev–Trinajstić information content (AvgIpc) is 3.16. The summed E-state index contributed by atoms with van der Waals surface area (Å²) in [5, 5.41) is 27.3. The van der Waals surface area contributed by atoms with Crippen LogP contribution in [0.4, 0.5) is 11.4 Å². The van der Waals surface area contributed by atoms with Crippen LogP contribution in [0.2, 0.25) is 0 Å². The Balaban J connectivity index is 0.000000181. The second-order valence-electron chi connectivity index (χ2n) is 5.91. The van der Waals surface area contributed by atoms with Crippen LogP contribution in [-0.2, 0) is 6.56 Å². The normalized spacial score (nSPS) is 16.6. The Morgan fingerprint density at radius 1 is 1.15 bits per heavy atom. The van der Waals surface area contributed by atoms with Crippen LogP contribution in [0.1, 0.15) is 42.4 Å². The lowest BCUT2D eigenvalue weighted by atomic mass is 10.1. The van der Waals surface area contributed by atoms with Gasteiger partial charge in [0.25, 0.3) is 0 Å². The van der Waals surface area contributed by atoms with E-state index in [1.807, 2.05) is 0 Å². The number of benzene rings is 2. The molecule has 1 atom stereocenters. The molecule has 0 spiro atoms. The predicted molar refractivity (Wildman–Crippen MR) is 103 cm³/mol. The van der Waals surface area contributed by atoms with E-state index in [2.05, 4.69) is 10.3 Å². The second kappa shape index (κ2) is 7.26. The molecule has 8 nitrogen and oxygen atoms in total. The molecular formula is C19H22N4O4. The van der Waals surface area contributed by atoms with Crippen molar-refractivity contribution in [3.63, 3.8) is 0 Å². The van der Waals surface area contributed by atoms with Gasteiger partial charge in [-0.2, -0.15) is 0 Å². The Hall–Kier alpha value is -3.10. The molecule has 4 aromatic rings. The van der Waals surface area contributed by atoms with E-state index in [-0.39, 0.29) is 40.2 Å². The van der Waals surface area contributed by atoms with Gasteiger partial charge in [-0.3, -0.25) is 0 Å². The molecule has 0 saturated carbocycles. The fourth-order valence-electron chi connectivity index (χ4n) is 2.49. The molecule has 0 fully saturated rings. The van der Waals surface area contributed by atoms with Crippen LogP contribution in [-0.4, -0.2) is 20.5 Å². The standard InChI is InChI=1S/C10H12N2O2.C9H10N2O2/c1-5-7-3-9(11)8(6(2)13)4-10(7)14-12-5;1-5-7-2-6(4-12)8(10)3-9(7)13-11-5/h3-4,6,13H,11H2,1-2H3;2-3,12H,4,10H2,1H3/i4T,6D;2T,4D2. The van der Waals surface area contributed by atoms with E-state index in [9.17, 15) is 10.2 Å². The highest BCUT2D eigenvalue weighted by Gasteiger charge is 2.11. The van der Waals surface area contributed by atoms with Crippen molar-refractivity contribution in [2.75, 3.05) is 11.5 Å². The van der Waals surface area contributed by atoms with Crippen molar-refractivity contribution in [2.45, 2.75) is 33.4 Å². The zero-order valence-corrected chi connectivity index (χ0v) is 14.9. The van der Waals surface area contributed by atoms with E-state index in [4.69, 9.17) is 27.4 Å². The third kappa shape index (κ3) is 3.57. The van der Waals surface area contributed by atoms with Crippen molar-refractivity contribution in [1.29, 1.82) is 0 Å². The smallest absolute Gasteiger partial charge is 0.169 e. The zero-order chi connectivity index (χ0) is 24.2. The summed E-state index contributed by atoms with van der Waals surface area (Å²) in [6.07, 6.45) is -1.92. The third-order valence-corrected chi connectivity index (χ3v) is 3.92. The van der Waals surface area contributed by atoms with Crippen LogP contribution in [0.15, 0.2) is 33.3 Å². The first kappa shape index (κ1) is 13.1. The zero-order valence-electron chi connectivity index (χ0n) is 19.9. The number of nitrogens with two attached hydrogens (primary N) is 2. The predicted octanol–water partition coefficient (Wildman–Crippen LogP) is 2.98. The van der Waals surface area contributed by atoms with Gasteiger partial charge in [-0.25, -0.2) is 0 Å². The largest absolute Gasteiger partial charge is 0.398 e. The lowest BCUT2D eigenvalue weighted by Gasteiger charge is -2.07. The summed E-state index contributed by atoms with van der Waals surface area (Å²) in [6.45, 7) is 1.98. The van der Waals surface area contributed by atoms with Crippen molar-refractivity contribution >= 4 is 33.3 Å². The summed E-state index contributed by atoms with van der Waals surface area (Å²) >= 11 is 0. The summed E-state index contributed by atoms with van der Waals surface area (Å²) < 4.78 is 47.6. The van der Waals surface area contributed by atoms with Crippen molar-refractivity contribution in [3.05, 3.63) is 46.7 Å². The molecule has 0 amide bonds. The number of nitrogen functional groups attached to an aromatic ring is 2. The highest BCUT2D eigenvalue weighted by atomic mass is 16.5. The molecule has 142 valence electrons. The molecule has 6 N–H and O–H groups in total. The summed E-state index contributed by atoms with van der Waals surface area (Å²) in [6, 6.07) is 2.64. The number of aryl methyl sites for hydroxylation is 2.